The van der Waals surface area contributed by atoms with Gasteiger partial charge in [0.2, 0.25) is 0 Å². The van der Waals surface area contributed by atoms with E-state index in [1.54, 1.807) is 30.5 Å². The average Bonchev–Trinajstić information content (AvgIpc) is 2.33. The van der Waals surface area contributed by atoms with Gasteiger partial charge in [-0.15, -0.1) is 0 Å². The summed E-state index contributed by atoms with van der Waals surface area (Å²) in [7, 11) is 0. The van der Waals surface area contributed by atoms with E-state index in [2.05, 4.69) is 4.98 Å². The van der Waals surface area contributed by atoms with Gasteiger partial charge in [-0.1, -0.05) is 0 Å². The maximum Gasteiger partial charge on any atom is 0.194 e. The molecule has 0 unspecified atom stereocenters. The molecule has 2 N–H and O–H groups in total. The molecule has 1 aromatic carbocycles. The number of nitrogens with two attached hydrogens (primary N) is 1. The number of anilines is 1. The molecule has 3 heteroatoms. The predicted molar refractivity (Wildman–Crippen MR) is 68.0 cm³/mol. The number of nitrogens with zero attached hydrogens (tertiary/aromatic N) is 1. The molecule has 3 nitrogen and oxygen atoms in total. The molecule has 2 aromatic rings. The number of nitrogen functional groups attached to an aromatic ring is 1. The van der Waals surface area contributed by atoms with E-state index in [0.717, 1.165) is 11.3 Å². The minimum absolute atomic E-state index is 0.0272. The van der Waals surface area contributed by atoms with Gasteiger partial charge in [0.1, 0.15) is 0 Å². The Morgan fingerprint density at radius 2 is 1.82 bits per heavy atom. The lowest BCUT2D eigenvalue weighted by Gasteiger charge is -2.04. The molecule has 0 aliphatic heterocycles. The Balaban J connectivity index is 2.37. The van der Waals surface area contributed by atoms with Gasteiger partial charge in [-0.25, -0.2) is 0 Å². The van der Waals surface area contributed by atoms with Crippen LogP contribution in [0.15, 0.2) is 36.5 Å². The Kier molecular flexibility index (Phi) is 2.91. The lowest BCUT2D eigenvalue weighted by atomic mass is 10.0. The Bertz CT molecular complexity index is 559. The summed E-state index contributed by atoms with van der Waals surface area (Å²) in [4.78, 5) is 16.3. The van der Waals surface area contributed by atoms with Crippen LogP contribution in [-0.4, -0.2) is 10.8 Å². The second-order valence-electron chi connectivity index (χ2n) is 4.09. The zero-order valence-electron chi connectivity index (χ0n) is 9.90. The van der Waals surface area contributed by atoms with Crippen molar-refractivity contribution in [1.82, 2.24) is 4.98 Å². The molecular weight excluding hydrogens is 212 g/mol. The normalized spacial score (nSPS) is 10.2. The molecule has 2 rings (SSSR count). The van der Waals surface area contributed by atoms with Gasteiger partial charge in [0.15, 0.2) is 5.78 Å². The highest BCUT2D eigenvalue weighted by molar-refractivity contribution is 6.09. The first-order valence-electron chi connectivity index (χ1n) is 5.41. The molecule has 0 bridgehead atoms. The van der Waals surface area contributed by atoms with Crippen LogP contribution in [0.1, 0.15) is 27.2 Å². The molecule has 0 fully saturated rings. The third-order valence-corrected chi connectivity index (χ3v) is 2.71. The highest BCUT2D eigenvalue weighted by atomic mass is 16.1. The summed E-state index contributed by atoms with van der Waals surface area (Å²) < 4.78 is 0. The van der Waals surface area contributed by atoms with Gasteiger partial charge in [0, 0.05) is 28.7 Å². The predicted octanol–water partition coefficient (Wildman–Crippen LogP) is 2.51. The Morgan fingerprint density at radius 3 is 2.41 bits per heavy atom. The van der Waals surface area contributed by atoms with Crippen molar-refractivity contribution >= 4 is 11.5 Å². The summed E-state index contributed by atoms with van der Waals surface area (Å²) in [6.07, 6.45) is 1.60. The number of hydrogen-bond acceptors (Lipinski definition) is 3. The standard InChI is InChI=1S/C14H14N2O/c1-9-7-11(5-6-13(9)15)14(17)12-4-3-10(2)16-8-12/h3-8H,15H2,1-2H3. The SMILES string of the molecule is Cc1ccc(C(=O)c2ccc(N)c(C)c2)cn1. The van der Waals surface area contributed by atoms with Crippen molar-refractivity contribution in [3.8, 4) is 0 Å². The van der Waals surface area contributed by atoms with Crippen LogP contribution >= 0.6 is 0 Å². The molecular formula is C14H14N2O. The van der Waals surface area contributed by atoms with Crippen LogP contribution in [0, 0.1) is 13.8 Å². The number of pyridine rings is 1. The number of carbonyl (C=O) groups is 1. The van der Waals surface area contributed by atoms with E-state index in [1.165, 1.54) is 0 Å². The Hall–Kier alpha value is -2.16. The smallest absolute Gasteiger partial charge is 0.194 e. The molecule has 0 spiro atoms. The fourth-order valence-corrected chi connectivity index (χ4v) is 1.59. The maximum absolute atomic E-state index is 12.1. The number of ketones is 1. The molecule has 1 heterocycles. The van der Waals surface area contributed by atoms with Gasteiger partial charge in [-0.05, 0) is 49.7 Å². The van der Waals surface area contributed by atoms with Crippen LogP contribution in [0.2, 0.25) is 0 Å². The molecule has 1 aromatic heterocycles. The number of benzene rings is 1. The highest BCUT2D eigenvalue weighted by Crippen LogP contribution is 2.15. The third-order valence-electron chi connectivity index (χ3n) is 2.71. The van der Waals surface area contributed by atoms with Crippen LogP contribution < -0.4 is 5.73 Å². The van der Waals surface area contributed by atoms with E-state index in [9.17, 15) is 4.79 Å². The molecule has 0 radical (unpaired) electrons. The van der Waals surface area contributed by atoms with Crippen LogP contribution in [-0.2, 0) is 0 Å². The van der Waals surface area contributed by atoms with Crippen LogP contribution in [0.5, 0.6) is 0 Å². The fourth-order valence-electron chi connectivity index (χ4n) is 1.59. The quantitative estimate of drug-likeness (QED) is 0.632. The molecule has 0 amide bonds. The number of hydrogen-bond donors (Lipinski definition) is 1. The van der Waals surface area contributed by atoms with Crippen molar-refractivity contribution in [1.29, 1.82) is 0 Å². The zero-order chi connectivity index (χ0) is 12.4. The first-order chi connectivity index (χ1) is 8.08. The van der Waals surface area contributed by atoms with E-state index in [4.69, 9.17) is 5.73 Å². The Labute approximate surface area is 100 Å². The van der Waals surface area contributed by atoms with Crippen LogP contribution in [0.3, 0.4) is 0 Å². The minimum atomic E-state index is -0.0272. The van der Waals surface area contributed by atoms with E-state index >= 15 is 0 Å². The molecule has 0 saturated heterocycles. The summed E-state index contributed by atoms with van der Waals surface area (Å²) in [5.74, 6) is -0.0272. The lowest BCUT2D eigenvalue weighted by molar-refractivity contribution is 0.103. The molecule has 0 saturated carbocycles. The maximum atomic E-state index is 12.1. The minimum Gasteiger partial charge on any atom is -0.399 e. The van der Waals surface area contributed by atoms with Crippen molar-refractivity contribution in [3.63, 3.8) is 0 Å². The average molecular weight is 226 g/mol. The topological polar surface area (TPSA) is 56.0 Å². The Morgan fingerprint density at radius 1 is 1.12 bits per heavy atom. The van der Waals surface area contributed by atoms with Gasteiger partial charge >= 0.3 is 0 Å². The van der Waals surface area contributed by atoms with Crippen molar-refractivity contribution in [3.05, 3.63) is 58.9 Å². The third kappa shape index (κ3) is 2.33. The summed E-state index contributed by atoms with van der Waals surface area (Å²) in [5, 5.41) is 0. The van der Waals surface area contributed by atoms with Crippen molar-refractivity contribution in [2.45, 2.75) is 13.8 Å². The van der Waals surface area contributed by atoms with Gasteiger partial charge in [0.05, 0.1) is 0 Å². The van der Waals surface area contributed by atoms with Crippen molar-refractivity contribution in [2.24, 2.45) is 0 Å². The number of aromatic nitrogens is 1. The molecule has 86 valence electrons. The zero-order valence-corrected chi connectivity index (χ0v) is 9.90. The molecule has 17 heavy (non-hydrogen) atoms. The fraction of sp³-hybridized carbons (Fsp3) is 0.143. The second kappa shape index (κ2) is 4.37. The summed E-state index contributed by atoms with van der Waals surface area (Å²) in [6.45, 7) is 3.78. The number of aryl methyl sites for hydroxylation is 2. The number of rotatable bonds is 2. The van der Waals surface area contributed by atoms with Gasteiger partial charge in [-0.2, -0.15) is 0 Å². The first kappa shape index (κ1) is 11.3. The monoisotopic (exact) mass is 226 g/mol. The highest BCUT2D eigenvalue weighted by Gasteiger charge is 2.09. The second-order valence-corrected chi connectivity index (χ2v) is 4.09. The van der Waals surface area contributed by atoms with E-state index in [1.807, 2.05) is 19.9 Å². The van der Waals surface area contributed by atoms with E-state index in [-0.39, 0.29) is 5.78 Å². The van der Waals surface area contributed by atoms with Gasteiger partial charge in [0.25, 0.3) is 0 Å². The van der Waals surface area contributed by atoms with Crippen LogP contribution in [0.25, 0.3) is 0 Å². The first-order valence-corrected chi connectivity index (χ1v) is 5.41. The van der Waals surface area contributed by atoms with Gasteiger partial charge < -0.3 is 5.73 Å². The van der Waals surface area contributed by atoms with Crippen molar-refractivity contribution in [2.75, 3.05) is 5.73 Å². The largest absolute Gasteiger partial charge is 0.399 e. The summed E-state index contributed by atoms with van der Waals surface area (Å²) in [5.41, 5.74) is 9.47. The van der Waals surface area contributed by atoms with Crippen LogP contribution in [0.4, 0.5) is 5.69 Å². The van der Waals surface area contributed by atoms with E-state index in [0.29, 0.717) is 16.8 Å². The van der Waals surface area contributed by atoms with Gasteiger partial charge in [-0.3, -0.25) is 9.78 Å². The summed E-state index contributed by atoms with van der Waals surface area (Å²) in [6, 6.07) is 8.92. The summed E-state index contributed by atoms with van der Waals surface area (Å²) >= 11 is 0. The number of carbonyl (C=O) groups excluding carboxylic acids is 1. The lowest BCUT2D eigenvalue weighted by Crippen LogP contribution is -2.03. The van der Waals surface area contributed by atoms with Crippen molar-refractivity contribution < 1.29 is 4.79 Å². The molecule has 0 aliphatic carbocycles. The van der Waals surface area contributed by atoms with E-state index < -0.39 is 0 Å². The molecule has 0 atom stereocenters. The molecule has 0 aliphatic rings.